The molecule has 0 aromatic heterocycles. The largest absolute Gasteiger partial charge is 0.462 e. The van der Waals surface area contributed by atoms with Gasteiger partial charge in [0.05, 0.1) is 25.2 Å². The molecule has 0 fully saturated rings. The molecule has 6 nitrogen and oxygen atoms in total. The van der Waals surface area contributed by atoms with E-state index in [0.717, 1.165) is 103 Å². The van der Waals surface area contributed by atoms with E-state index < -0.39 is 18.2 Å². The number of ether oxygens (including phenoxy) is 1. The predicted molar refractivity (Wildman–Crippen MR) is 300 cm³/mol. The summed E-state index contributed by atoms with van der Waals surface area (Å²) in [5.41, 5.74) is 0. The third-order valence-electron chi connectivity index (χ3n) is 12.6. The van der Waals surface area contributed by atoms with Crippen molar-refractivity contribution in [3.8, 4) is 0 Å². The van der Waals surface area contributed by atoms with Crippen molar-refractivity contribution >= 4 is 11.9 Å². The van der Waals surface area contributed by atoms with Crippen LogP contribution < -0.4 is 5.32 Å². The number of aliphatic hydroxyl groups is 2. The Morgan fingerprint density at radius 3 is 1.25 bits per heavy atom. The van der Waals surface area contributed by atoms with E-state index in [1.807, 2.05) is 0 Å². The van der Waals surface area contributed by atoms with Crippen LogP contribution in [0.25, 0.3) is 0 Å². The van der Waals surface area contributed by atoms with Gasteiger partial charge in [-0.3, -0.25) is 9.59 Å². The average Bonchev–Trinajstić information content (AvgIpc) is 3.34. The van der Waals surface area contributed by atoms with Crippen LogP contribution in [0.5, 0.6) is 0 Å². The van der Waals surface area contributed by atoms with E-state index >= 15 is 0 Å². The van der Waals surface area contributed by atoms with Crippen molar-refractivity contribution in [2.24, 2.45) is 0 Å². The Kier molecular flexibility index (Phi) is 53.1. The van der Waals surface area contributed by atoms with Gasteiger partial charge in [-0.1, -0.05) is 246 Å². The van der Waals surface area contributed by atoms with Gasteiger partial charge in [-0.15, -0.1) is 0 Å². The molecule has 6 heteroatoms. The number of nitrogens with one attached hydrogen (secondary N) is 1. The summed E-state index contributed by atoms with van der Waals surface area (Å²) in [7, 11) is 0. The molecule has 0 heterocycles. The smallest absolute Gasteiger partial charge is 0.306 e. The summed E-state index contributed by atoms with van der Waals surface area (Å²) in [5.74, 6) is -0.546. The molecule has 3 unspecified atom stereocenters. The zero-order valence-corrected chi connectivity index (χ0v) is 45.2. The van der Waals surface area contributed by atoms with Crippen molar-refractivity contribution in [1.82, 2.24) is 5.32 Å². The first-order valence-corrected chi connectivity index (χ1v) is 29.0. The van der Waals surface area contributed by atoms with Gasteiger partial charge in [0.15, 0.2) is 0 Å². The van der Waals surface area contributed by atoms with Crippen molar-refractivity contribution in [3.63, 3.8) is 0 Å². The van der Waals surface area contributed by atoms with Crippen LogP contribution in [-0.4, -0.2) is 46.9 Å². The minimum Gasteiger partial charge on any atom is -0.462 e. The molecule has 0 aliphatic heterocycles. The fraction of sp³-hybridized carbons (Fsp3) is 0.714. The van der Waals surface area contributed by atoms with Crippen molar-refractivity contribution in [2.75, 3.05) is 6.61 Å². The second-order valence-corrected chi connectivity index (χ2v) is 19.3. The third kappa shape index (κ3) is 51.0. The predicted octanol–water partition coefficient (Wildman–Crippen LogP) is 18.1. The highest BCUT2D eigenvalue weighted by Gasteiger charge is 2.24. The summed E-state index contributed by atoms with van der Waals surface area (Å²) >= 11 is 0. The Balaban J connectivity index is 4.70. The number of esters is 1. The van der Waals surface area contributed by atoms with E-state index in [1.54, 1.807) is 0 Å². The number of amides is 1. The molecule has 0 bridgehead atoms. The summed E-state index contributed by atoms with van der Waals surface area (Å²) in [6.45, 7) is 6.34. The van der Waals surface area contributed by atoms with Crippen LogP contribution in [0.4, 0.5) is 0 Å². The zero-order valence-electron chi connectivity index (χ0n) is 45.2. The van der Waals surface area contributed by atoms with Crippen LogP contribution in [0.2, 0.25) is 0 Å². The first kappa shape index (κ1) is 65.8. The molecule has 0 radical (unpaired) electrons. The molecule has 3 atom stereocenters. The lowest BCUT2D eigenvalue weighted by atomic mass is 10.0. The van der Waals surface area contributed by atoms with Gasteiger partial charge < -0.3 is 20.3 Å². The molecule has 0 aliphatic rings. The fourth-order valence-electron chi connectivity index (χ4n) is 8.29. The minimum atomic E-state index is -0.811. The standard InChI is InChI=1S/C63H109NO5/c1-4-7-10-13-16-19-22-25-28-30-31-33-35-38-41-44-47-50-53-56-63(68)69-59(54-51-48-45-42-39-36-34-32-29-26-23-20-17-14-11-8-5-2)57-62(67)64-60(58-65)61(66)55-52-49-46-43-40-37-27-24-21-18-15-12-9-6-3/h8,11,16-17,19-20,25-26,28-29,31,33-34,36,42,45,59-61,65-66H,4-7,9-10,12-15,18,21-24,27,30,32,35,37-41,43-44,46-58H2,1-3H3,(H,64,67)/b11-8-,19-16-,20-17-,28-25-,29-26-,33-31-,36-34-,45-42-. The summed E-state index contributed by atoms with van der Waals surface area (Å²) < 4.78 is 5.93. The quantitative estimate of drug-likeness (QED) is 0.0321. The molecular weight excluding hydrogens is 851 g/mol. The molecule has 69 heavy (non-hydrogen) atoms. The molecule has 0 saturated heterocycles. The minimum absolute atomic E-state index is 0.0285. The number of aliphatic hydroxyl groups excluding tert-OH is 2. The van der Waals surface area contributed by atoms with E-state index in [1.165, 1.54) is 116 Å². The van der Waals surface area contributed by atoms with Crippen molar-refractivity contribution in [1.29, 1.82) is 0 Å². The van der Waals surface area contributed by atoms with E-state index in [2.05, 4.69) is 123 Å². The van der Waals surface area contributed by atoms with Gasteiger partial charge in [0, 0.05) is 6.42 Å². The number of hydrogen-bond acceptors (Lipinski definition) is 5. The normalized spacial score (nSPS) is 13.9. The maximum absolute atomic E-state index is 13.3. The lowest BCUT2D eigenvalue weighted by molar-refractivity contribution is -0.151. The molecule has 0 aromatic rings. The number of carbonyl (C=O) groups is 2. The number of carbonyl (C=O) groups excluding carboxylic acids is 2. The molecule has 0 rings (SSSR count). The van der Waals surface area contributed by atoms with Crippen molar-refractivity contribution in [2.45, 2.75) is 283 Å². The van der Waals surface area contributed by atoms with Crippen LogP contribution in [-0.2, 0) is 14.3 Å². The summed E-state index contributed by atoms with van der Waals surface area (Å²) in [5, 5.41) is 23.9. The molecule has 3 N–H and O–H groups in total. The maximum atomic E-state index is 13.3. The van der Waals surface area contributed by atoms with Gasteiger partial charge >= 0.3 is 5.97 Å². The summed E-state index contributed by atoms with van der Waals surface area (Å²) in [4.78, 5) is 26.3. The first-order chi connectivity index (χ1) is 34.0. The van der Waals surface area contributed by atoms with Crippen molar-refractivity contribution in [3.05, 3.63) is 97.2 Å². The number of rotatable bonds is 51. The van der Waals surface area contributed by atoms with E-state index in [9.17, 15) is 19.8 Å². The SMILES string of the molecule is CC/C=C\C/C=C\C/C=C\C/C=C\C/C=C\CCCC(CC(=O)NC(CO)C(O)CCCCCCCCCCCCCCCC)OC(=O)CCCCCCCC/C=C\C/C=C\C/C=C\CCCCC. The Morgan fingerprint density at radius 2 is 0.797 bits per heavy atom. The zero-order chi connectivity index (χ0) is 50.2. The summed E-state index contributed by atoms with van der Waals surface area (Å²) in [6, 6.07) is -0.729. The van der Waals surface area contributed by atoms with Gasteiger partial charge in [-0.25, -0.2) is 0 Å². The van der Waals surface area contributed by atoms with E-state index in [0.29, 0.717) is 19.3 Å². The second-order valence-electron chi connectivity index (χ2n) is 19.3. The summed E-state index contributed by atoms with van der Waals surface area (Å²) in [6.07, 6.45) is 74.7. The Hall–Kier alpha value is -3.22. The van der Waals surface area contributed by atoms with Crippen LogP contribution >= 0.6 is 0 Å². The van der Waals surface area contributed by atoms with Gasteiger partial charge in [0.25, 0.3) is 0 Å². The van der Waals surface area contributed by atoms with Crippen LogP contribution in [0, 0.1) is 0 Å². The monoisotopic (exact) mass is 960 g/mol. The Bertz CT molecular complexity index is 1350. The molecule has 1 amide bonds. The Morgan fingerprint density at radius 1 is 0.435 bits per heavy atom. The van der Waals surface area contributed by atoms with Crippen molar-refractivity contribution < 1.29 is 24.5 Å². The van der Waals surface area contributed by atoms with Gasteiger partial charge in [0.1, 0.15) is 6.10 Å². The Labute approximate surface area is 426 Å². The molecule has 0 saturated carbocycles. The van der Waals surface area contributed by atoms with Crippen LogP contribution in [0.15, 0.2) is 97.2 Å². The second kappa shape index (κ2) is 55.7. The van der Waals surface area contributed by atoms with E-state index in [4.69, 9.17) is 4.74 Å². The highest BCUT2D eigenvalue weighted by Crippen LogP contribution is 2.17. The highest BCUT2D eigenvalue weighted by atomic mass is 16.5. The van der Waals surface area contributed by atoms with Gasteiger partial charge in [0.2, 0.25) is 5.91 Å². The molecule has 0 aromatic carbocycles. The van der Waals surface area contributed by atoms with E-state index in [-0.39, 0.29) is 24.9 Å². The van der Waals surface area contributed by atoms with Gasteiger partial charge in [-0.05, 0) is 103 Å². The molecule has 0 aliphatic carbocycles. The fourth-order valence-corrected chi connectivity index (χ4v) is 8.29. The third-order valence-corrected chi connectivity index (χ3v) is 12.6. The van der Waals surface area contributed by atoms with Crippen LogP contribution in [0.3, 0.4) is 0 Å². The lowest BCUT2D eigenvalue weighted by Crippen LogP contribution is -2.46. The molecule has 0 spiro atoms. The molecular formula is C63H109NO5. The lowest BCUT2D eigenvalue weighted by Gasteiger charge is -2.24. The number of allylic oxidation sites excluding steroid dienone is 16. The first-order valence-electron chi connectivity index (χ1n) is 29.0. The topological polar surface area (TPSA) is 95.9 Å². The number of unbranched alkanes of at least 4 members (excludes halogenated alkanes) is 23. The average molecular weight is 961 g/mol. The molecule has 396 valence electrons. The van der Waals surface area contributed by atoms with Gasteiger partial charge in [-0.2, -0.15) is 0 Å². The number of hydrogen-bond donors (Lipinski definition) is 3. The highest BCUT2D eigenvalue weighted by molar-refractivity contribution is 5.77. The maximum Gasteiger partial charge on any atom is 0.306 e. The van der Waals surface area contributed by atoms with Crippen LogP contribution in [0.1, 0.15) is 265 Å².